The van der Waals surface area contributed by atoms with E-state index in [1.165, 1.54) is 23.5 Å². The molecule has 0 saturated carbocycles. The molecule has 3 rings (SSSR count). The van der Waals surface area contributed by atoms with E-state index >= 15 is 0 Å². The zero-order chi connectivity index (χ0) is 20.3. The van der Waals surface area contributed by atoms with Gasteiger partial charge in [0.25, 0.3) is 5.91 Å². The number of carbonyl (C=O) groups is 2. The second kappa shape index (κ2) is 8.42. The van der Waals surface area contributed by atoms with Crippen LogP contribution < -0.4 is 5.32 Å². The first kappa shape index (κ1) is 19.9. The van der Waals surface area contributed by atoms with Gasteiger partial charge in [0.05, 0.1) is 0 Å². The number of benzene rings is 2. The summed E-state index contributed by atoms with van der Waals surface area (Å²) in [6.45, 7) is 3.22. The largest absolute Gasteiger partial charge is 0.451 e. The number of aryl methyl sites for hydroxylation is 2. The number of nitrogens with zero attached hydrogens (tertiary/aromatic N) is 1. The normalized spacial score (nSPS) is 10.5. The third-order valence-corrected chi connectivity index (χ3v) is 5.61. The first-order valence-electron chi connectivity index (χ1n) is 8.20. The number of ether oxygens (including phenoxy) is 1. The van der Waals surface area contributed by atoms with E-state index in [-0.39, 0.29) is 5.82 Å². The lowest BCUT2D eigenvalue weighted by Gasteiger charge is -2.13. The Hall–Kier alpha value is -2.89. The molecule has 0 bridgehead atoms. The minimum atomic E-state index is -0.633. The quantitative estimate of drug-likeness (QED) is 0.360. The molecule has 1 aromatic heterocycles. The molecule has 1 N–H and O–H groups in total. The van der Waals surface area contributed by atoms with Crippen molar-refractivity contribution in [1.82, 2.24) is 0 Å². The number of thioether (sulfide) groups is 1. The van der Waals surface area contributed by atoms with E-state index in [0.717, 1.165) is 32.5 Å². The van der Waals surface area contributed by atoms with Crippen molar-refractivity contribution < 1.29 is 18.7 Å². The van der Waals surface area contributed by atoms with E-state index in [1.807, 2.05) is 19.2 Å². The van der Waals surface area contributed by atoms with E-state index in [1.54, 1.807) is 24.3 Å². The van der Waals surface area contributed by atoms with Crippen molar-refractivity contribution >= 4 is 50.7 Å². The number of thiocyanates is 1. The van der Waals surface area contributed by atoms with E-state index < -0.39 is 18.5 Å². The molecular weight excluding hydrogens is 399 g/mol. The Morgan fingerprint density at radius 1 is 1.21 bits per heavy atom. The van der Waals surface area contributed by atoms with Gasteiger partial charge in [0.2, 0.25) is 0 Å². The molecule has 0 unspecified atom stereocenters. The van der Waals surface area contributed by atoms with Gasteiger partial charge in [-0.1, -0.05) is 0 Å². The summed E-state index contributed by atoms with van der Waals surface area (Å²) >= 11 is 2.23. The predicted octanol–water partition coefficient (Wildman–Crippen LogP) is 5.03. The average molecular weight is 414 g/mol. The molecule has 8 heteroatoms. The standard InChI is InChI=1S/C20H15FN2O3S2/c1-11-5-15(27-10-22)6-12(2)19(11)23-18(24)9-26-20(25)17-8-13-7-14(21)3-4-16(13)28-17/h3-8H,9H2,1-2H3,(H,23,24). The highest BCUT2D eigenvalue weighted by molar-refractivity contribution is 8.03. The summed E-state index contributed by atoms with van der Waals surface area (Å²) in [6.07, 6.45) is 0. The summed E-state index contributed by atoms with van der Waals surface area (Å²) in [5.41, 5.74) is 2.24. The molecule has 0 atom stereocenters. The van der Waals surface area contributed by atoms with Gasteiger partial charge in [-0.05, 0) is 78.5 Å². The zero-order valence-corrected chi connectivity index (χ0v) is 16.7. The molecule has 0 saturated heterocycles. The highest BCUT2D eigenvalue weighted by atomic mass is 32.2. The number of fused-ring (bicyclic) bond motifs is 1. The maximum absolute atomic E-state index is 13.3. The summed E-state index contributed by atoms with van der Waals surface area (Å²) in [5, 5.41) is 14.1. The number of amides is 1. The molecule has 0 radical (unpaired) electrons. The van der Waals surface area contributed by atoms with Crippen LogP contribution in [-0.4, -0.2) is 18.5 Å². The van der Waals surface area contributed by atoms with Gasteiger partial charge < -0.3 is 10.1 Å². The maximum Gasteiger partial charge on any atom is 0.348 e. The molecule has 3 aromatic rings. The molecular formula is C20H15FN2O3S2. The summed E-state index contributed by atoms with van der Waals surface area (Å²) in [7, 11) is 0. The number of rotatable bonds is 5. The van der Waals surface area contributed by atoms with Crippen LogP contribution in [0.25, 0.3) is 10.1 Å². The molecule has 0 aliphatic rings. The predicted molar refractivity (Wildman–Crippen MR) is 108 cm³/mol. The van der Waals surface area contributed by atoms with Gasteiger partial charge in [-0.25, -0.2) is 9.18 Å². The highest BCUT2D eigenvalue weighted by Gasteiger charge is 2.15. The number of nitriles is 1. The van der Waals surface area contributed by atoms with Crippen molar-refractivity contribution in [3.8, 4) is 5.40 Å². The first-order chi connectivity index (χ1) is 13.4. The molecule has 0 fully saturated rings. The van der Waals surface area contributed by atoms with Crippen molar-refractivity contribution in [2.24, 2.45) is 0 Å². The van der Waals surface area contributed by atoms with Crippen LogP contribution in [0, 0.1) is 30.3 Å². The van der Waals surface area contributed by atoms with Crippen LogP contribution in [0.2, 0.25) is 0 Å². The van der Waals surface area contributed by atoms with Gasteiger partial charge >= 0.3 is 5.97 Å². The maximum atomic E-state index is 13.3. The number of nitrogens with one attached hydrogen (secondary N) is 1. The monoisotopic (exact) mass is 414 g/mol. The minimum absolute atomic E-state index is 0.304. The Kier molecular flexibility index (Phi) is 5.97. The summed E-state index contributed by atoms with van der Waals surface area (Å²) in [5.74, 6) is -1.48. The molecule has 0 aliphatic heterocycles. The number of hydrogen-bond acceptors (Lipinski definition) is 6. The van der Waals surface area contributed by atoms with Crippen molar-refractivity contribution in [2.75, 3.05) is 11.9 Å². The second-order valence-corrected chi connectivity index (χ2v) is 7.98. The summed E-state index contributed by atoms with van der Waals surface area (Å²) < 4.78 is 19.1. The first-order valence-corrected chi connectivity index (χ1v) is 9.84. The SMILES string of the molecule is Cc1cc(SC#N)cc(C)c1NC(=O)COC(=O)c1cc2cc(F)ccc2s1. The highest BCUT2D eigenvalue weighted by Crippen LogP contribution is 2.28. The molecule has 0 aliphatic carbocycles. The molecule has 0 spiro atoms. The fourth-order valence-corrected chi connectivity index (χ4v) is 4.24. The van der Waals surface area contributed by atoms with Crippen molar-refractivity contribution in [3.63, 3.8) is 0 Å². The molecule has 2 aromatic carbocycles. The number of carbonyl (C=O) groups excluding carboxylic acids is 2. The van der Waals surface area contributed by atoms with Crippen LogP contribution in [-0.2, 0) is 9.53 Å². The summed E-state index contributed by atoms with van der Waals surface area (Å²) in [6, 6.07) is 9.42. The lowest BCUT2D eigenvalue weighted by molar-refractivity contribution is -0.119. The topological polar surface area (TPSA) is 79.2 Å². The summed E-state index contributed by atoms with van der Waals surface area (Å²) in [4.78, 5) is 25.5. The van der Waals surface area contributed by atoms with Crippen LogP contribution in [0.4, 0.5) is 10.1 Å². The van der Waals surface area contributed by atoms with Crippen LogP contribution in [0.15, 0.2) is 41.3 Å². The molecule has 1 heterocycles. The lowest BCUT2D eigenvalue weighted by Crippen LogP contribution is -2.21. The Balaban J connectivity index is 1.63. The van der Waals surface area contributed by atoms with Gasteiger partial charge in [-0.15, -0.1) is 11.3 Å². The van der Waals surface area contributed by atoms with E-state index in [0.29, 0.717) is 16.0 Å². The van der Waals surface area contributed by atoms with Crippen LogP contribution in [0.1, 0.15) is 20.8 Å². The Morgan fingerprint density at radius 2 is 1.93 bits per heavy atom. The van der Waals surface area contributed by atoms with Crippen molar-refractivity contribution in [2.45, 2.75) is 18.7 Å². The number of halogens is 1. The third kappa shape index (κ3) is 4.50. The lowest BCUT2D eigenvalue weighted by atomic mass is 10.1. The van der Waals surface area contributed by atoms with Crippen LogP contribution >= 0.6 is 23.1 Å². The number of thiophene rings is 1. The van der Waals surface area contributed by atoms with Crippen LogP contribution in [0.3, 0.4) is 0 Å². The number of esters is 1. The average Bonchev–Trinajstić information content (AvgIpc) is 3.06. The molecule has 5 nitrogen and oxygen atoms in total. The number of anilines is 1. The number of hydrogen-bond donors (Lipinski definition) is 1. The third-order valence-electron chi connectivity index (χ3n) is 3.95. The Bertz CT molecular complexity index is 1100. The van der Waals surface area contributed by atoms with Gasteiger partial charge in [0.15, 0.2) is 6.61 Å². The van der Waals surface area contributed by atoms with E-state index in [4.69, 9.17) is 10.00 Å². The Labute approximate surface area is 169 Å². The molecule has 1 amide bonds. The van der Waals surface area contributed by atoms with E-state index in [9.17, 15) is 14.0 Å². The molecule has 28 heavy (non-hydrogen) atoms. The van der Waals surface area contributed by atoms with Crippen molar-refractivity contribution in [3.05, 3.63) is 58.2 Å². The van der Waals surface area contributed by atoms with Crippen molar-refractivity contribution in [1.29, 1.82) is 5.26 Å². The second-order valence-electron chi connectivity index (χ2n) is 6.04. The Morgan fingerprint density at radius 3 is 2.61 bits per heavy atom. The van der Waals surface area contributed by atoms with Crippen LogP contribution in [0.5, 0.6) is 0 Å². The smallest absolute Gasteiger partial charge is 0.348 e. The van der Waals surface area contributed by atoms with Gasteiger partial charge in [0, 0.05) is 15.3 Å². The fourth-order valence-electron chi connectivity index (χ4n) is 2.73. The van der Waals surface area contributed by atoms with E-state index in [2.05, 4.69) is 5.32 Å². The minimum Gasteiger partial charge on any atom is -0.451 e. The zero-order valence-electron chi connectivity index (χ0n) is 15.0. The molecule has 142 valence electrons. The van der Waals surface area contributed by atoms with Gasteiger partial charge in [0.1, 0.15) is 16.1 Å². The van der Waals surface area contributed by atoms with Gasteiger partial charge in [-0.2, -0.15) is 5.26 Å². The fraction of sp³-hybridized carbons (Fsp3) is 0.150. The van der Waals surface area contributed by atoms with Gasteiger partial charge in [-0.3, -0.25) is 4.79 Å².